The maximum Gasteiger partial charge on any atom is 0.324 e. The number of nitrogens with zero attached hydrogens (tertiary/aromatic N) is 2. The van der Waals surface area contributed by atoms with Crippen molar-refractivity contribution >= 4 is 23.8 Å². The van der Waals surface area contributed by atoms with E-state index in [0.29, 0.717) is 26.2 Å². The molecule has 0 aliphatic carbocycles. The van der Waals surface area contributed by atoms with Crippen LogP contribution < -0.4 is 5.32 Å². The molecule has 1 rings (SSSR count). The molecule has 0 aromatic heterocycles. The number of piperazine rings is 1. The second-order valence-corrected chi connectivity index (χ2v) is 4.59. The Kier molecular flexibility index (Phi) is 5.95. The van der Waals surface area contributed by atoms with Gasteiger partial charge < -0.3 is 14.9 Å². The summed E-state index contributed by atoms with van der Waals surface area (Å²) in [5.74, 6) is -1.48. The van der Waals surface area contributed by atoms with E-state index in [1.54, 1.807) is 4.90 Å². The van der Waals surface area contributed by atoms with Gasteiger partial charge in [0, 0.05) is 45.9 Å². The molecule has 0 aromatic carbocycles. The van der Waals surface area contributed by atoms with Crippen LogP contribution >= 0.6 is 0 Å². The van der Waals surface area contributed by atoms with Gasteiger partial charge >= 0.3 is 12.0 Å². The monoisotopic (exact) mass is 285 g/mol. The zero-order chi connectivity index (χ0) is 15.1. The molecule has 1 heterocycles. The summed E-state index contributed by atoms with van der Waals surface area (Å²) in [6.07, 6.45) is 0.108. The lowest BCUT2D eigenvalue weighted by atomic mass is 10.2. The summed E-state index contributed by atoms with van der Waals surface area (Å²) in [6, 6.07) is -0.492. The molecular weight excluding hydrogens is 266 g/mol. The van der Waals surface area contributed by atoms with Crippen LogP contribution in [0.1, 0.15) is 26.2 Å². The number of carboxylic acid groups (broad SMARTS) is 1. The Labute approximate surface area is 116 Å². The summed E-state index contributed by atoms with van der Waals surface area (Å²) < 4.78 is 0. The van der Waals surface area contributed by atoms with Crippen molar-refractivity contribution in [1.29, 1.82) is 0 Å². The first kappa shape index (κ1) is 15.9. The van der Waals surface area contributed by atoms with Crippen molar-refractivity contribution in [1.82, 2.24) is 15.1 Å². The highest BCUT2D eigenvalue weighted by Gasteiger charge is 2.23. The van der Waals surface area contributed by atoms with E-state index in [-0.39, 0.29) is 25.2 Å². The van der Waals surface area contributed by atoms with E-state index in [9.17, 15) is 19.2 Å². The van der Waals surface area contributed by atoms with Crippen molar-refractivity contribution in [3.63, 3.8) is 0 Å². The number of hydrogen-bond donors (Lipinski definition) is 2. The van der Waals surface area contributed by atoms with Gasteiger partial charge in [-0.25, -0.2) is 4.79 Å². The Morgan fingerprint density at radius 3 is 2.05 bits per heavy atom. The lowest BCUT2D eigenvalue weighted by Gasteiger charge is -2.33. The molecule has 0 radical (unpaired) electrons. The molecule has 1 fully saturated rings. The highest BCUT2D eigenvalue weighted by molar-refractivity contribution is 5.94. The number of amides is 4. The van der Waals surface area contributed by atoms with Crippen molar-refractivity contribution < 1.29 is 24.3 Å². The Morgan fingerprint density at radius 2 is 1.55 bits per heavy atom. The number of hydrogen-bond acceptors (Lipinski definition) is 4. The van der Waals surface area contributed by atoms with Gasteiger partial charge in [0.25, 0.3) is 0 Å². The number of carbonyl (C=O) groups excluding carboxylic acids is 3. The Balaban J connectivity index is 2.28. The van der Waals surface area contributed by atoms with Crippen molar-refractivity contribution in [2.45, 2.75) is 26.2 Å². The fourth-order valence-corrected chi connectivity index (χ4v) is 1.89. The average Bonchev–Trinajstić information content (AvgIpc) is 2.38. The SMILES string of the molecule is CC(=O)N1CCN(C(=O)NC(=O)CCCC(=O)O)CC1. The van der Waals surface area contributed by atoms with Gasteiger partial charge in [-0.15, -0.1) is 0 Å². The molecule has 1 aliphatic heterocycles. The molecule has 1 saturated heterocycles. The fraction of sp³-hybridized carbons (Fsp3) is 0.667. The van der Waals surface area contributed by atoms with Gasteiger partial charge in [-0.05, 0) is 6.42 Å². The largest absolute Gasteiger partial charge is 0.481 e. The molecule has 8 nitrogen and oxygen atoms in total. The first-order chi connectivity index (χ1) is 9.40. The summed E-state index contributed by atoms with van der Waals surface area (Å²) >= 11 is 0. The number of aliphatic carboxylic acids is 1. The minimum absolute atomic E-state index is 0.00541. The first-order valence-electron chi connectivity index (χ1n) is 6.46. The summed E-state index contributed by atoms with van der Waals surface area (Å²) in [7, 11) is 0. The van der Waals surface area contributed by atoms with Gasteiger partial charge in [0.15, 0.2) is 0 Å². The van der Waals surface area contributed by atoms with Crippen LogP contribution in [0.15, 0.2) is 0 Å². The van der Waals surface area contributed by atoms with Crippen molar-refractivity contribution in [3.8, 4) is 0 Å². The highest BCUT2D eigenvalue weighted by atomic mass is 16.4. The van der Waals surface area contributed by atoms with Crippen LogP contribution in [0.4, 0.5) is 4.79 Å². The van der Waals surface area contributed by atoms with Gasteiger partial charge in [0.1, 0.15) is 0 Å². The van der Waals surface area contributed by atoms with Crippen LogP contribution in [0.5, 0.6) is 0 Å². The summed E-state index contributed by atoms with van der Waals surface area (Å²) in [5.41, 5.74) is 0. The molecule has 0 bridgehead atoms. The molecule has 2 N–H and O–H groups in total. The van der Waals surface area contributed by atoms with E-state index in [0.717, 1.165) is 0 Å². The van der Waals surface area contributed by atoms with E-state index in [1.165, 1.54) is 11.8 Å². The van der Waals surface area contributed by atoms with Crippen molar-refractivity contribution in [3.05, 3.63) is 0 Å². The maximum atomic E-state index is 11.8. The van der Waals surface area contributed by atoms with Crippen LogP contribution in [-0.4, -0.2) is 64.9 Å². The third-order valence-electron chi connectivity index (χ3n) is 3.05. The molecular formula is C12H19N3O5. The number of nitrogens with one attached hydrogen (secondary N) is 1. The minimum Gasteiger partial charge on any atom is -0.481 e. The van der Waals surface area contributed by atoms with E-state index >= 15 is 0 Å². The van der Waals surface area contributed by atoms with Crippen LogP contribution in [0.2, 0.25) is 0 Å². The molecule has 1 aliphatic rings. The standard InChI is InChI=1S/C12H19N3O5/c1-9(16)14-5-7-15(8-6-14)12(20)13-10(17)3-2-4-11(18)19/h2-8H2,1H3,(H,18,19)(H,13,17,20). The predicted octanol–water partition coefficient (Wildman–Crippen LogP) is -0.358. The maximum absolute atomic E-state index is 11.8. The van der Waals surface area contributed by atoms with E-state index in [1.807, 2.05) is 0 Å². The number of rotatable bonds is 4. The van der Waals surface area contributed by atoms with Gasteiger partial charge in [0.05, 0.1) is 0 Å². The van der Waals surface area contributed by atoms with E-state index in [4.69, 9.17) is 5.11 Å². The van der Waals surface area contributed by atoms with Crippen molar-refractivity contribution in [2.24, 2.45) is 0 Å². The normalized spacial score (nSPS) is 14.8. The molecule has 0 spiro atoms. The predicted molar refractivity (Wildman–Crippen MR) is 68.9 cm³/mol. The second kappa shape index (κ2) is 7.46. The Hall–Kier alpha value is -2.12. The van der Waals surface area contributed by atoms with Crippen LogP contribution in [0.25, 0.3) is 0 Å². The van der Waals surface area contributed by atoms with E-state index in [2.05, 4.69) is 5.32 Å². The van der Waals surface area contributed by atoms with Gasteiger partial charge in [0.2, 0.25) is 11.8 Å². The number of imide groups is 1. The third-order valence-corrected chi connectivity index (χ3v) is 3.05. The molecule has 4 amide bonds. The highest BCUT2D eigenvalue weighted by Crippen LogP contribution is 2.03. The topological polar surface area (TPSA) is 107 Å². The minimum atomic E-state index is -0.968. The number of urea groups is 1. The zero-order valence-electron chi connectivity index (χ0n) is 11.4. The lowest BCUT2D eigenvalue weighted by molar-refractivity contribution is -0.137. The number of carbonyl (C=O) groups is 4. The molecule has 20 heavy (non-hydrogen) atoms. The Bertz CT molecular complexity index is 402. The molecule has 8 heteroatoms. The van der Waals surface area contributed by atoms with Gasteiger partial charge in [-0.1, -0.05) is 0 Å². The fourth-order valence-electron chi connectivity index (χ4n) is 1.89. The average molecular weight is 285 g/mol. The van der Waals surface area contributed by atoms with E-state index < -0.39 is 17.9 Å². The van der Waals surface area contributed by atoms with Crippen LogP contribution in [-0.2, 0) is 14.4 Å². The summed E-state index contributed by atoms with van der Waals surface area (Å²) in [6.45, 7) is 3.15. The molecule has 0 atom stereocenters. The van der Waals surface area contributed by atoms with Gasteiger partial charge in [-0.3, -0.25) is 19.7 Å². The van der Waals surface area contributed by atoms with Crippen molar-refractivity contribution in [2.75, 3.05) is 26.2 Å². The molecule has 0 unspecified atom stereocenters. The smallest absolute Gasteiger partial charge is 0.324 e. The molecule has 0 saturated carbocycles. The Morgan fingerprint density at radius 1 is 1.00 bits per heavy atom. The van der Waals surface area contributed by atoms with Crippen LogP contribution in [0, 0.1) is 0 Å². The van der Waals surface area contributed by atoms with Crippen LogP contribution in [0.3, 0.4) is 0 Å². The second-order valence-electron chi connectivity index (χ2n) is 4.59. The quantitative estimate of drug-likeness (QED) is 0.733. The lowest BCUT2D eigenvalue weighted by Crippen LogP contribution is -2.53. The molecule has 0 aromatic rings. The molecule has 112 valence electrons. The summed E-state index contributed by atoms with van der Waals surface area (Å²) in [5, 5.41) is 10.7. The first-order valence-corrected chi connectivity index (χ1v) is 6.46. The van der Waals surface area contributed by atoms with Gasteiger partial charge in [-0.2, -0.15) is 0 Å². The third kappa shape index (κ3) is 5.25. The number of carboxylic acids is 1. The zero-order valence-corrected chi connectivity index (χ0v) is 11.4. The summed E-state index contributed by atoms with van der Waals surface area (Å²) in [4.78, 5) is 47.7.